The maximum atomic E-state index is 12.8. The van der Waals surface area contributed by atoms with Crippen LogP contribution < -0.4 is 15.2 Å². The SMILES string of the molecule is CCOc1cc(/C=C2\SC(=O)N(Cc3ccccc3C)C2=O)ccc1OCC(N)=O. The van der Waals surface area contributed by atoms with Crippen molar-refractivity contribution in [2.24, 2.45) is 5.73 Å². The van der Waals surface area contributed by atoms with Crippen molar-refractivity contribution in [1.29, 1.82) is 0 Å². The Balaban J connectivity index is 1.81. The normalized spacial score (nSPS) is 15.0. The first-order chi connectivity index (χ1) is 14.4. The van der Waals surface area contributed by atoms with Crippen molar-refractivity contribution < 1.29 is 23.9 Å². The molecular weight excluding hydrogens is 404 g/mol. The predicted octanol–water partition coefficient (Wildman–Crippen LogP) is 3.49. The standard InChI is InChI=1S/C22H22N2O5S/c1-3-28-18-10-15(8-9-17(18)29-13-20(23)25)11-19-21(26)24(22(27)30-19)12-16-7-5-4-6-14(16)2/h4-11H,3,12-13H2,1-2H3,(H2,23,25)/b19-11-. The second-order valence-corrected chi connectivity index (χ2v) is 7.58. The van der Waals surface area contributed by atoms with E-state index in [1.54, 1.807) is 24.3 Å². The van der Waals surface area contributed by atoms with E-state index in [1.807, 2.05) is 38.1 Å². The van der Waals surface area contributed by atoms with Crippen molar-refractivity contribution in [1.82, 2.24) is 4.90 Å². The molecule has 1 saturated heterocycles. The van der Waals surface area contributed by atoms with Crippen LogP contribution in [-0.4, -0.2) is 35.2 Å². The summed E-state index contributed by atoms with van der Waals surface area (Å²) in [4.78, 5) is 37.7. The largest absolute Gasteiger partial charge is 0.490 e. The summed E-state index contributed by atoms with van der Waals surface area (Å²) >= 11 is 0.905. The molecule has 3 amide bonds. The molecule has 0 unspecified atom stereocenters. The van der Waals surface area contributed by atoms with Gasteiger partial charge < -0.3 is 15.2 Å². The molecule has 0 saturated carbocycles. The summed E-state index contributed by atoms with van der Waals surface area (Å²) in [6.07, 6.45) is 1.64. The maximum Gasteiger partial charge on any atom is 0.293 e. The number of rotatable bonds is 8. The number of nitrogens with zero attached hydrogens (tertiary/aromatic N) is 1. The zero-order valence-electron chi connectivity index (χ0n) is 16.7. The van der Waals surface area contributed by atoms with Gasteiger partial charge in [0.05, 0.1) is 18.1 Å². The van der Waals surface area contributed by atoms with Gasteiger partial charge in [0.1, 0.15) is 0 Å². The van der Waals surface area contributed by atoms with Gasteiger partial charge in [0.2, 0.25) is 0 Å². The fourth-order valence-corrected chi connectivity index (χ4v) is 3.73. The predicted molar refractivity (Wildman–Crippen MR) is 115 cm³/mol. The third-order valence-electron chi connectivity index (χ3n) is 4.40. The van der Waals surface area contributed by atoms with Crippen LogP contribution in [0.25, 0.3) is 6.08 Å². The minimum atomic E-state index is -0.594. The smallest absolute Gasteiger partial charge is 0.293 e. The van der Waals surface area contributed by atoms with Crippen molar-refractivity contribution in [3.63, 3.8) is 0 Å². The summed E-state index contributed by atoms with van der Waals surface area (Å²) in [6, 6.07) is 12.7. The number of thioether (sulfide) groups is 1. The Morgan fingerprint density at radius 2 is 1.90 bits per heavy atom. The van der Waals surface area contributed by atoms with Crippen LogP contribution in [-0.2, 0) is 16.1 Å². The highest BCUT2D eigenvalue weighted by Crippen LogP contribution is 2.35. The highest BCUT2D eigenvalue weighted by atomic mass is 32.2. The number of ether oxygens (including phenoxy) is 2. The molecule has 7 nitrogen and oxygen atoms in total. The number of benzene rings is 2. The van der Waals surface area contributed by atoms with E-state index in [-0.39, 0.29) is 24.3 Å². The lowest BCUT2D eigenvalue weighted by Crippen LogP contribution is -2.27. The molecule has 156 valence electrons. The number of carbonyl (C=O) groups is 3. The Bertz CT molecular complexity index is 1020. The first kappa shape index (κ1) is 21.4. The molecule has 30 heavy (non-hydrogen) atoms. The zero-order chi connectivity index (χ0) is 21.7. The van der Waals surface area contributed by atoms with E-state index in [9.17, 15) is 14.4 Å². The van der Waals surface area contributed by atoms with Crippen molar-refractivity contribution in [2.75, 3.05) is 13.2 Å². The molecular formula is C22H22N2O5S. The summed E-state index contributed by atoms with van der Waals surface area (Å²) in [5, 5.41) is -0.305. The first-order valence-electron chi connectivity index (χ1n) is 9.37. The van der Waals surface area contributed by atoms with Gasteiger partial charge in [0.15, 0.2) is 18.1 Å². The number of amides is 3. The van der Waals surface area contributed by atoms with E-state index in [0.29, 0.717) is 28.6 Å². The Morgan fingerprint density at radius 1 is 1.13 bits per heavy atom. The number of imide groups is 1. The summed E-state index contributed by atoms with van der Waals surface area (Å²) < 4.78 is 10.9. The molecule has 0 aliphatic carbocycles. The molecule has 3 rings (SSSR count). The van der Waals surface area contributed by atoms with Crippen molar-refractivity contribution in [2.45, 2.75) is 20.4 Å². The highest BCUT2D eigenvalue weighted by molar-refractivity contribution is 8.18. The Labute approximate surface area is 178 Å². The number of hydrogen-bond acceptors (Lipinski definition) is 6. The van der Waals surface area contributed by atoms with E-state index >= 15 is 0 Å². The van der Waals surface area contributed by atoms with Gasteiger partial charge in [-0.05, 0) is 60.5 Å². The van der Waals surface area contributed by atoms with Crippen LogP contribution >= 0.6 is 11.8 Å². The minimum Gasteiger partial charge on any atom is -0.490 e. The average Bonchev–Trinajstić information content (AvgIpc) is 2.96. The number of primary amides is 1. The molecule has 2 aromatic carbocycles. The van der Waals surface area contributed by atoms with Gasteiger partial charge in [-0.1, -0.05) is 30.3 Å². The molecule has 1 aliphatic rings. The van der Waals surface area contributed by atoms with E-state index in [4.69, 9.17) is 15.2 Å². The van der Waals surface area contributed by atoms with Crippen LogP contribution in [0, 0.1) is 6.92 Å². The van der Waals surface area contributed by atoms with Gasteiger partial charge in [0, 0.05) is 0 Å². The first-order valence-corrected chi connectivity index (χ1v) is 10.2. The maximum absolute atomic E-state index is 12.8. The van der Waals surface area contributed by atoms with Crippen LogP contribution in [0.1, 0.15) is 23.6 Å². The minimum absolute atomic E-state index is 0.235. The quantitative estimate of drug-likeness (QED) is 0.649. The van der Waals surface area contributed by atoms with E-state index in [2.05, 4.69) is 0 Å². The summed E-state index contributed by atoms with van der Waals surface area (Å²) in [6.45, 7) is 4.13. The average molecular weight is 426 g/mol. The van der Waals surface area contributed by atoms with E-state index in [1.165, 1.54) is 4.90 Å². The Kier molecular flexibility index (Phi) is 6.79. The molecule has 0 aromatic heterocycles. The number of carbonyl (C=O) groups excluding carboxylic acids is 3. The van der Waals surface area contributed by atoms with E-state index < -0.39 is 5.91 Å². The molecule has 0 spiro atoms. The van der Waals surface area contributed by atoms with Gasteiger partial charge in [0.25, 0.3) is 17.1 Å². The number of aryl methyl sites for hydroxylation is 1. The molecule has 2 N–H and O–H groups in total. The van der Waals surface area contributed by atoms with Gasteiger partial charge in [-0.25, -0.2) is 0 Å². The van der Waals surface area contributed by atoms with Crippen molar-refractivity contribution >= 4 is 34.9 Å². The monoisotopic (exact) mass is 426 g/mol. The van der Waals surface area contributed by atoms with Crippen LogP contribution in [0.15, 0.2) is 47.4 Å². The van der Waals surface area contributed by atoms with Crippen LogP contribution in [0.2, 0.25) is 0 Å². The second-order valence-electron chi connectivity index (χ2n) is 6.59. The van der Waals surface area contributed by atoms with Crippen molar-refractivity contribution in [3.05, 3.63) is 64.1 Å². The van der Waals surface area contributed by atoms with Crippen LogP contribution in [0.3, 0.4) is 0 Å². The Hall–Kier alpha value is -3.26. The lowest BCUT2D eigenvalue weighted by atomic mass is 10.1. The number of hydrogen-bond donors (Lipinski definition) is 1. The third kappa shape index (κ3) is 5.01. The zero-order valence-corrected chi connectivity index (χ0v) is 17.5. The van der Waals surface area contributed by atoms with Crippen molar-refractivity contribution in [3.8, 4) is 11.5 Å². The third-order valence-corrected chi connectivity index (χ3v) is 5.31. The molecule has 0 radical (unpaired) electrons. The fourth-order valence-electron chi connectivity index (χ4n) is 2.90. The molecule has 1 fully saturated rings. The molecule has 1 heterocycles. The molecule has 1 aliphatic heterocycles. The van der Waals surface area contributed by atoms with Crippen LogP contribution in [0.4, 0.5) is 4.79 Å². The van der Waals surface area contributed by atoms with Gasteiger partial charge in [-0.3, -0.25) is 19.3 Å². The summed E-state index contributed by atoms with van der Waals surface area (Å²) in [7, 11) is 0. The second kappa shape index (κ2) is 9.49. The summed E-state index contributed by atoms with van der Waals surface area (Å²) in [5.41, 5.74) is 7.74. The fraction of sp³-hybridized carbons (Fsp3) is 0.227. The lowest BCUT2D eigenvalue weighted by molar-refractivity contribution is -0.123. The molecule has 8 heteroatoms. The number of nitrogens with two attached hydrogens (primary N) is 1. The molecule has 0 atom stereocenters. The topological polar surface area (TPSA) is 98.9 Å². The molecule has 2 aromatic rings. The molecule has 0 bridgehead atoms. The Morgan fingerprint density at radius 3 is 2.60 bits per heavy atom. The van der Waals surface area contributed by atoms with E-state index in [0.717, 1.165) is 22.9 Å². The van der Waals surface area contributed by atoms with Crippen LogP contribution in [0.5, 0.6) is 11.5 Å². The lowest BCUT2D eigenvalue weighted by Gasteiger charge is -2.14. The van der Waals surface area contributed by atoms with Gasteiger partial charge in [-0.15, -0.1) is 0 Å². The van der Waals surface area contributed by atoms with Gasteiger partial charge >= 0.3 is 0 Å². The highest BCUT2D eigenvalue weighted by Gasteiger charge is 2.35. The van der Waals surface area contributed by atoms with Gasteiger partial charge in [-0.2, -0.15) is 0 Å². The summed E-state index contributed by atoms with van der Waals surface area (Å²) in [5.74, 6) is -0.129.